The van der Waals surface area contributed by atoms with Crippen molar-refractivity contribution in [2.75, 3.05) is 0 Å². The molecular weight excluding hydrogens is 735 g/mol. The second-order valence-electron chi connectivity index (χ2n) is 25.8. The van der Waals surface area contributed by atoms with E-state index < -0.39 is 0 Å². The number of fused-ring (bicyclic) bond motifs is 7. The van der Waals surface area contributed by atoms with Crippen molar-refractivity contribution < 1.29 is 4.42 Å². The van der Waals surface area contributed by atoms with Gasteiger partial charge in [0, 0.05) is 11.3 Å². The van der Waals surface area contributed by atoms with Crippen molar-refractivity contribution in [2.24, 2.45) is 0 Å². The fourth-order valence-corrected chi connectivity index (χ4v) is 12.8. The summed E-state index contributed by atoms with van der Waals surface area (Å²) in [5.74, 6) is 1.64. The predicted octanol–water partition coefficient (Wildman–Crippen LogP) is 14.0. The molecule has 5 aromatic rings. The van der Waals surface area contributed by atoms with Gasteiger partial charge in [-0.2, -0.15) is 0 Å². The van der Waals surface area contributed by atoms with E-state index >= 15 is 0 Å². The third kappa shape index (κ3) is 6.76. The molecule has 61 heavy (non-hydrogen) atoms. The van der Waals surface area contributed by atoms with E-state index in [1.165, 1.54) is 116 Å². The van der Waals surface area contributed by atoms with Crippen LogP contribution in [0.1, 0.15) is 223 Å². The van der Waals surface area contributed by atoms with Gasteiger partial charge in [0.1, 0.15) is 11.3 Å². The molecule has 1 aliphatic heterocycles. The minimum absolute atomic E-state index is 0.0394. The number of rotatable bonds is 3. The van der Waals surface area contributed by atoms with Crippen LogP contribution in [-0.2, 0) is 44.3 Å². The Labute approximate surface area is 371 Å². The Bertz CT molecular complexity index is 2590. The maximum Gasteiger partial charge on any atom is 0.247 e. The number of aryl methyl sites for hydroxylation is 1. The lowest BCUT2D eigenvalue weighted by Crippen LogP contribution is -2.55. The third-order valence-electron chi connectivity index (χ3n) is 17.6. The van der Waals surface area contributed by atoms with Crippen LogP contribution in [0.15, 0.2) is 65.1 Å². The highest BCUT2D eigenvalue weighted by Gasteiger charge is 2.45. The van der Waals surface area contributed by atoms with E-state index in [4.69, 9.17) is 4.42 Å². The van der Waals surface area contributed by atoms with Crippen LogP contribution in [0.3, 0.4) is 0 Å². The maximum absolute atomic E-state index is 7.65. The lowest BCUT2D eigenvalue weighted by atomic mass is 9.34. The van der Waals surface area contributed by atoms with Crippen molar-refractivity contribution in [3.05, 3.63) is 122 Å². The number of benzene rings is 4. The summed E-state index contributed by atoms with van der Waals surface area (Å²) in [6, 6.07) is 25.6. The predicted molar refractivity (Wildman–Crippen MR) is 264 cm³/mol. The van der Waals surface area contributed by atoms with Crippen molar-refractivity contribution in [1.82, 2.24) is 0 Å². The highest BCUT2D eigenvalue weighted by molar-refractivity contribution is 6.97. The molecule has 1 nitrogen and oxygen atoms in total. The van der Waals surface area contributed by atoms with E-state index in [0.717, 1.165) is 12.0 Å². The van der Waals surface area contributed by atoms with Gasteiger partial charge in [0.15, 0.2) is 0 Å². The SMILES string of the molecule is Cc1cc(C(C)(C)C)cc2c1B(c1ccc3c(c1)C(C)(C)CCC3(C)C)c1c(oc3cc4c(cc13)C(C)(C)CCC4(C)C)C(C(C)c1ccc3c(c1)C(C)(C)CCC3(C)C)C2. The van der Waals surface area contributed by atoms with E-state index in [9.17, 15) is 0 Å². The molecule has 0 bridgehead atoms. The summed E-state index contributed by atoms with van der Waals surface area (Å²) in [5.41, 5.74) is 21.2. The summed E-state index contributed by atoms with van der Waals surface area (Å²) in [4.78, 5) is 0. The van der Waals surface area contributed by atoms with Crippen LogP contribution < -0.4 is 16.4 Å². The average Bonchev–Trinajstić information content (AvgIpc) is 3.46. The topological polar surface area (TPSA) is 13.1 Å². The summed E-state index contributed by atoms with van der Waals surface area (Å²) >= 11 is 0. The molecule has 0 amide bonds. The van der Waals surface area contributed by atoms with Crippen LogP contribution in [0.2, 0.25) is 0 Å². The van der Waals surface area contributed by atoms with Gasteiger partial charge >= 0.3 is 0 Å². The van der Waals surface area contributed by atoms with Gasteiger partial charge in [-0.05, 0) is 158 Å². The first-order chi connectivity index (χ1) is 28.1. The maximum atomic E-state index is 7.65. The molecule has 2 heteroatoms. The molecule has 0 saturated carbocycles. The van der Waals surface area contributed by atoms with Crippen molar-refractivity contribution >= 4 is 34.1 Å². The van der Waals surface area contributed by atoms with Crippen molar-refractivity contribution in [3.8, 4) is 0 Å². The van der Waals surface area contributed by atoms with Gasteiger partial charge in [-0.15, -0.1) is 0 Å². The Morgan fingerprint density at radius 2 is 1.03 bits per heavy atom. The number of hydrogen-bond acceptors (Lipinski definition) is 1. The van der Waals surface area contributed by atoms with E-state index in [-0.39, 0.29) is 56.5 Å². The van der Waals surface area contributed by atoms with Crippen molar-refractivity contribution in [3.63, 3.8) is 0 Å². The van der Waals surface area contributed by atoms with Crippen LogP contribution in [0.25, 0.3) is 11.0 Å². The molecule has 0 spiro atoms. The Balaban J connectivity index is 1.37. The summed E-state index contributed by atoms with van der Waals surface area (Å²) in [6.07, 6.45) is 8.22. The highest BCUT2D eigenvalue weighted by atomic mass is 16.3. The van der Waals surface area contributed by atoms with Gasteiger partial charge in [0.25, 0.3) is 0 Å². The molecule has 0 saturated heterocycles. The summed E-state index contributed by atoms with van der Waals surface area (Å²) < 4.78 is 7.65. The summed E-state index contributed by atoms with van der Waals surface area (Å²) in [7, 11) is 0. The Hall–Kier alpha value is -3.52. The molecule has 0 radical (unpaired) electrons. The smallest absolute Gasteiger partial charge is 0.247 e. The zero-order valence-corrected chi connectivity index (χ0v) is 41.4. The highest BCUT2D eigenvalue weighted by Crippen LogP contribution is 2.51. The molecular formula is C59H77BO. The van der Waals surface area contributed by atoms with Gasteiger partial charge in [-0.25, -0.2) is 0 Å². The first-order valence-electron chi connectivity index (χ1n) is 24.2. The average molecular weight is 813 g/mol. The van der Waals surface area contributed by atoms with E-state index in [2.05, 4.69) is 178 Å². The van der Waals surface area contributed by atoms with Crippen LogP contribution >= 0.6 is 0 Å². The van der Waals surface area contributed by atoms with Crippen LogP contribution in [0.5, 0.6) is 0 Å². The fraction of sp³-hybridized carbons (Fsp3) is 0.559. The molecule has 0 N–H and O–H groups in total. The van der Waals surface area contributed by atoms with E-state index in [1.54, 1.807) is 5.56 Å². The summed E-state index contributed by atoms with van der Waals surface area (Å²) in [6.45, 7) is 41.8. The zero-order chi connectivity index (χ0) is 44.2. The van der Waals surface area contributed by atoms with E-state index in [0.29, 0.717) is 0 Å². The van der Waals surface area contributed by atoms with Crippen LogP contribution in [-0.4, -0.2) is 6.71 Å². The summed E-state index contributed by atoms with van der Waals surface area (Å²) in [5, 5.41) is 1.33. The molecule has 0 fully saturated rings. The molecule has 3 aliphatic carbocycles. The van der Waals surface area contributed by atoms with Crippen molar-refractivity contribution in [1.29, 1.82) is 0 Å². The zero-order valence-electron chi connectivity index (χ0n) is 41.4. The second-order valence-corrected chi connectivity index (χ2v) is 25.8. The largest absolute Gasteiger partial charge is 0.461 e. The van der Waals surface area contributed by atoms with Crippen molar-refractivity contribution in [2.45, 2.75) is 212 Å². The molecule has 322 valence electrons. The van der Waals surface area contributed by atoms with Gasteiger partial charge in [-0.1, -0.05) is 181 Å². The first kappa shape index (κ1) is 42.8. The Morgan fingerprint density at radius 1 is 0.557 bits per heavy atom. The normalized spacial score (nSPS) is 23.2. The minimum Gasteiger partial charge on any atom is -0.461 e. The van der Waals surface area contributed by atoms with Gasteiger partial charge in [0.05, 0.1) is 0 Å². The van der Waals surface area contributed by atoms with Crippen LogP contribution in [0.4, 0.5) is 0 Å². The first-order valence-corrected chi connectivity index (χ1v) is 24.2. The monoisotopic (exact) mass is 813 g/mol. The second kappa shape index (κ2) is 13.5. The molecule has 2 atom stereocenters. The third-order valence-corrected chi connectivity index (χ3v) is 17.6. The van der Waals surface area contributed by atoms with Crippen LogP contribution in [0, 0.1) is 6.92 Å². The Kier molecular flexibility index (Phi) is 9.47. The lowest BCUT2D eigenvalue weighted by Gasteiger charge is -2.42. The number of hydrogen-bond donors (Lipinski definition) is 0. The Morgan fingerprint density at radius 3 is 1.57 bits per heavy atom. The standard InChI is InChI=1S/C59H77BO/c1-35-28-39(53(3,4)5)29-38-30-41(36(2)37-18-20-43-45(31-37)56(10,11)24-22-54(43,6)7)52-51(42-33-47-48(34-49(42)61-52)59(16,17)27-26-58(47,14)15)60(50(35)38)40-19-21-44-46(32-40)57(12,13)25-23-55(44,8)9/h18-21,28-29,31-34,36,41H,22-27,30H2,1-17H3. The quantitative estimate of drug-likeness (QED) is 0.165. The molecule has 4 aromatic carbocycles. The van der Waals surface area contributed by atoms with Gasteiger partial charge in [-0.3, -0.25) is 0 Å². The molecule has 9 rings (SSSR count). The molecule has 2 heterocycles. The van der Waals surface area contributed by atoms with Gasteiger partial charge < -0.3 is 4.42 Å². The lowest BCUT2D eigenvalue weighted by molar-refractivity contribution is 0.331. The molecule has 2 unspecified atom stereocenters. The fourth-order valence-electron chi connectivity index (χ4n) is 12.8. The number of furan rings is 1. The molecule has 4 aliphatic rings. The van der Waals surface area contributed by atoms with Gasteiger partial charge in [0.2, 0.25) is 6.71 Å². The molecule has 1 aromatic heterocycles. The minimum atomic E-state index is 0.0394. The van der Waals surface area contributed by atoms with E-state index in [1.807, 2.05) is 0 Å².